The van der Waals surface area contributed by atoms with Crippen molar-refractivity contribution >= 4 is 11.7 Å². The number of nitrogens with zero attached hydrogens (tertiary/aromatic N) is 3. The standard InChI is InChI=1S/C18H19F3N4O/c19-18(20,21)11-22-17(26)14-7-4-8-25(10-14)16-9-15(23-12-24-16)13-5-2-1-3-6-13/h1-3,5-6,9,12,14H,4,7-8,10-11H2,(H,22,26). The van der Waals surface area contributed by atoms with Gasteiger partial charge >= 0.3 is 6.18 Å². The Labute approximate surface area is 149 Å². The molecule has 26 heavy (non-hydrogen) atoms. The molecule has 1 aromatic heterocycles. The number of halogens is 3. The normalized spacial score (nSPS) is 17.8. The van der Waals surface area contributed by atoms with Crippen molar-refractivity contribution < 1.29 is 18.0 Å². The van der Waals surface area contributed by atoms with Crippen LogP contribution in [-0.4, -0.2) is 41.7 Å². The molecule has 1 amide bonds. The number of alkyl halides is 3. The fraction of sp³-hybridized carbons (Fsp3) is 0.389. The van der Waals surface area contributed by atoms with Gasteiger partial charge in [0.15, 0.2) is 0 Å². The Morgan fingerprint density at radius 1 is 1.23 bits per heavy atom. The van der Waals surface area contributed by atoms with Gasteiger partial charge in [-0.2, -0.15) is 13.2 Å². The lowest BCUT2D eigenvalue weighted by Crippen LogP contribution is -2.45. The van der Waals surface area contributed by atoms with E-state index in [4.69, 9.17) is 0 Å². The van der Waals surface area contributed by atoms with Crippen molar-refractivity contribution in [2.45, 2.75) is 19.0 Å². The Kier molecular flexibility index (Phi) is 5.39. The van der Waals surface area contributed by atoms with E-state index in [0.29, 0.717) is 25.3 Å². The van der Waals surface area contributed by atoms with Gasteiger partial charge in [-0.05, 0) is 12.8 Å². The molecule has 0 radical (unpaired) electrons. The quantitative estimate of drug-likeness (QED) is 0.906. The van der Waals surface area contributed by atoms with Crippen molar-refractivity contribution in [1.82, 2.24) is 15.3 Å². The van der Waals surface area contributed by atoms with Crippen LogP contribution in [0.25, 0.3) is 11.3 Å². The van der Waals surface area contributed by atoms with Gasteiger partial charge in [0.25, 0.3) is 0 Å². The van der Waals surface area contributed by atoms with Crippen LogP contribution in [0, 0.1) is 5.92 Å². The molecule has 0 saturated carbocycles. The van der Waals surface area contributed by atoms with Crippen molar-refractivity contribution in [3.05, 3.63) is 42.7 Å². The average Bonchev–Trinajstić information content (AvgIpc) is 2.66. The van der Waals surface area contributed by atoms with Crippen molar-refractivity contribution in [1.29, 1.82) is 0 Å². The topological polar surface area (TPSA) is 58.1 Å². The van der Waals surface area contributed by atoms with E-state index in [1.165, 1.54) is 6.33 Å². The number of rotatable bonds is 4. The molecule has 1 unspecified atom stereocenters. The van der Waals surface area contributed by atoms with Crippen LogP contribution in [0.2, 0.25) is 0 Å². The van der Waals surface area contributed by atoms with E-state index >= 15 is 0 Å². The van der Waals surface area contributed by atoms with Gasteiger partial charge in [-0.25, -0.2) is 9.97 Å². The number of carbonyl (C=O) groups is 1. The highest BCUT2D eigenvalue weighted by Crippen LogP contribution is 2.25. The van der Waals surface area contributed by atoms with Gasteiger partial charge in [0.2, 0.25) is 5.91 Å². The van der Waals surface area contributed by atoms with Gasteiger partial charge in [0.1, 0.15) is 18.7 Å². The predicted molar refractivity (Wildman–Crippen MR) is 91.5 cm³/mol. The number of piperidine rings is 1. The first-order valence-electron chi connectivity index (χ1n) is 8.39. The van der Waals surface area contributed by atoms with Crippen LogP contribution in [-0.2, 0) is 4.79 Å². The van der Waals surface area contributed by atoms with Crippen LogP contribution in [0.4, 0.5) is 19.0 Å². The average molecular weight is 364 g/mol. The van der Waals surface area contributed by atoms with Crippen molar-refractivity contribution in [2.24, 2.45) is 5.92 Å². The predicted octanol–water partition coefficient (Wildman–Crippen LogP) is 3.04. The van der Waals surface area contributed by atoms with E-state index < -0.39 is 24.5 Å². The molecule has 138 valence electrons. The van der Waals surface area contributed by atoms with Gasteiger partial charge in [-0.3, -0.25) is 4.79 Å². The first-order chi connectivity index (χ1) is 12.4. The summed E-state index contributed by atoms with van der Waals surface area (Å²) in [7, 11) is 0. The van der Waals surface area contributed by atoms with Crippen LogP contribution in [0.15, 0.2) is 42.7 Å². The Morgan fingerprint density at radius 2 is 2.00 bits per heavy atom. The number of hydrogen-bond donors (Lipinski definition) is 1. The van der Waals surface area contributed by atoms with Crippen LogP contribution in [0.1, 0.15) is 12.8 Å². The molecule has 0 aliphatic carbocycles. The second-order valence-electron chi connectivity index (χ2n) is 6.25. The summed E-state index contributed by atoms with van der Waals surface area (Å²) in [5.41, 5.74) is 1.71. The number of benzene rings is 1. The third kappa shape index (κ3) is 4.71. The summed E-state index contributed by atoms with van der Waals surface area (Å²) in [5, 5.41) is 1.98. The van der Waals surface area contributed by atoms with Crippen molar-refractivity contribution in [3.63, 3.8) is 0 Å². The lowest BCUT2D eigenvalue weighted by Gasteiger charge is -2.33. The smallest absolute Gasteiger partial charge is 0.356 e. The largest absolute Gasteiger partial charge is 0.405 e. The van der Waals surface area contributed by atoms with E-state index in [1.54, 1.807) is 0 Å². The van der Waals surface area contributed by atoms with E-state index in [1.807, 2.05) is 46.6 Å². The minimum absolute atomic E-state index is 0.342. The molecule has 1 fully saturated rings. The SMILES string of the molecule is O=C(NCC(F)(F)F)C1CCCN(c2cc(-c3ccccc3)ncn2)C1. The van der Waals surface area contributed by atoms with Gasteiger partial charge < -0.3 is 10.2 Å². The molecule has 2 heterocycles. The maximum absolute atomic E-state index is 12.3. The zero-order valence-corrected chi connectivity index (χ0v) is 14.0. The highest BCUT2D eigenvalue weighted by Gasteiger charge is 2.31. The van der Waals surface area contributed by atoms with E-state index in [0.717, 1.165) is 17.7 Å². The third-order valence-corrected chi connectivity index (χ3v) is 4.30. The summed E-state index contributed by atoms with van der Waals surface area (Å²) in [4.78, 5) is 22.5. The first-order valence-corrected chi connectivity index (χ1v) is 8.39. The van der Waals surface area contributed by atoms with E-state index in [9.17, 15) is 18.0 Å². The monoisotopic (exact) mass is 364 g/mol. The van der Waals surface area contributed by atoms with Gasteiger partial charge in [-0.1, -0.05) is 30.3 Å². The second kappa shape index (κ2) is 7.72. The number of anilines is 1. The summed E-state index contributed by atoms with van der Waals surface area (Å²) in [6.07, 6.45) is -1.65. The summed E-state index contributed by atoms with van der Waals surface area (Å²) in [6.45, 7) is -0.253. The third-order valence-electron chi connectivity index (χ3n) is 4.30. The van der Waals surface area contributed by atoms with Crippen LogP contribution in [0.3, 0.4) is 0 Å². The molecule has 1 aliphatic rings. The molecule has 1 atom stereocenters. The second-order valence-corrected chi connectivity index (χ2v) is 6.25. The molecular formula is C18H19F3N4O. The number of carbonyl (C=O) groups excluding carboxylic acids is 1. The summed E-state index contributed by atoms with van der Waals surface area (Å²) in [6, 6.07) is 11.5. The Hall–Kier alpha value is -2.64. The van der Waals surface area contributed by atoms with Gasteiger partial charge in [0.05, 0.1) is 11.6 Å². The molecular weight excluding hydrogens is 345 g/mol. The highest BCUT2D eigenvalue weighted by molar-refractivity contribution is 5.79. The van der Waals surface area contributed by atoms with Crippen LogP contribution < -0.4 is 10.2 Å². The Bertz CT molecular complexity index is 752. The maximum atomic E-state index is 12.3. The summed E-state index contributed by atoms with van der Waals surface area (Å²) < 4.78 is 36.9. The molecule has 0 bridgehead atoms. The lowest BCUT2D eigenvalue weighted by atomic mass is 9.97. The number of hydrogen-bond acceptors (Lipinski definition) is 4. The molecule has 3 rings (SSSR count). The molecule has 1 saturated heterocycles. The first kappa shape index (κ1) is 18.2. The molecule has 0 spiro atoms. The van der Waals surface area contributed by atoms with E-state index in [-0.39, 0.29) is 0 Å². The zero-order valence-electron chi connectivity index (χ0n) is 14.0. The van der Waals surface area contributed by atoms with Crippen molar-refractivity contribution in [2.75, 3.05) is 24.5 Å². The molecule has 5 nitrogen and oxygen atoms in total. The van der Waals surface area contributed by atoms with Gasteiger partial charge in [0, 0.05) is 24.7 Å². The highest BCUT2D eigenvalue weighted by atomic mass is 19.4. The Balaban J connectivity index is 1.69. The minimum Gasteiger partial charge on any atom is -0.356 e. The fourth-order valence-corrected chi connectivity index (χ4v) is 3.02. The summed E-state index contributed by atoms with van der Waals surface area (Å²) in [5.74, 6) is -0.377. The fourth-order valence-electron chi connectivity index (χ4n) is 3.02. The number of nitrogens with one attached hydrogen (secondary N) is 1. The molecule has 1 N–H and O–H groups in total. The number of amides is 1. The zero-order chi connectivity index (χ0) is 18.6. The minimum atomic E-state index is -4.40. The maximum Gasteiger partial charge on any atom is 0.405 e. The van der Waals surface area contributed by atoms with Gasteiger partial charge in [-0.15, -0.1) is 0 Å². The van der Waals surface area contributed by atoms with Crippen molar-refractivity contribution in [3.8, 4) is 11.3 Å². The lowest BCUT2D eigenvalue weighted by molar-refractivity contribution is -0.140. The summed E-state index contributed by atoms with van der Waals surface area (Å²) >= 11 is 0. The van der Waals surface area contributed by atoms with Crippen LogP contribution in [0.5, 0.6) is 0 Å². The number of aromatic nitrogens is 2. The van der Waals surface area contributed by atoms with Crippen LogP contribution >= 0.6 is 0 Å². The molecule has 1 aromatic carbocycles. The Morgan fingerprint density at radius 3 is 2.73 bits per heavy atom. The molecule has 2 aromatic rings. The molecule has 8 heteroatoms. The molecule has 1 aliphatic heterocycles. The van der Waals surface area contributed by atoms with E-state index in [2.05, 4.69) is 9.97 Å².